The molecule has 1 aromatic rings. The lowest BCUT2D eigenvalue weighted by Gasteiger charge is -2.33. The minimum atomic E-state index is -0.0745. The van der Waals surface area contributed by atoms with Crippen LogP contribution in [0.25, 0.3) is 0 Å². The minimum absolute atomic E-state index is 0.0745. The first-order valence-corrected chi connectivity index (χ1v) is 7.36. The fourth-order valence-corrected chi connectivity index (χ4v) is 2.31. The van der Waals surface area contributed by atoms with Gasteiger partial charge in [0.15, 0.2) is 0 Å². The zero-order valence-electron chi connectivity index (χ0n) is 12.8. The van der Waals surface area contributed by atoms with E-state index in [0.717, 1.165) is 38.3 Å². The number of pyridine rings is 1. The SMILES string of the molecule is COCCCNC(=O)c1cncc(N2CCN(C)CC2)c1. The van der Waals surface area contributed by atoms with Crippen molar-refractivity contribution >= 4 is 11.6 Å². The Bertz CT molecular complexity index is 459. The van der Waals surface area contributed by atoms with Gasteiger partial charge in [-0.05, 0) is 19.5 Å². The lowest BCUT2D eigenvalue weighted by atomic mass is 10.2. The van der Waals surface area contributed by atoms with Gasteiger partial charge in [-0.1, -0.05) is 0 Å². The van der Waals surface area contributed by atoms with Crippen molar-refractivity contribution in [2.24, 2.45) is 0 Å². The summed E-state index contributed by atoms with van der Waals surface area (Å²) in [7, 11) is 3.78. The highest BCUT2D eigenvalue weighted by Crippen LogP contribution is 2.16. The fraction of sp³-hybridized carbons (Fsp3) is 0.600. The van der Waals surface area contributed by atoms with Crippen molar-refractivity contribution in [2.45, 2.75) is 6.42 Å². The molecule has 0 aliphatic carbocycles. The third kappa shape index (κ3) is 4.68. The number of hydrogen-bond acceptors (Lipinski definition) is 5. The molecule has 0 atom stereocenters. The fourth-order valence-electron chi connectivity index (χ4n) is 2.31. The Morgan fingerprint density at radius 2 is 2.10 bits per heavy atom. The molecule has 1 aromatic heterocycles. The highest BCUT2D eigenvalue weighted by Gasteiger charge is 2.16. The van der Waals surface area contributed by atoms with E-state index in [2.05, 4.69) is 27.1 Å². The molecule has 0 spiro atoms. The topological polar surface area (TPSA) is 57.7 Å². The molecule has 2 rings (SSSR count). The quantitative estimate of drug-likeness (QED) is 0.778. The second kappa shape index (κ2) is 7.95. The summed E-state index contributed by atoms with van der Waals surface area (Å²) in [5.41, 5.74) is 1.64. The second-order valence-electron chi connectivity index (χ2n) is 5.32. The first-order valence-electron chi connectivity index (χ1n) is 7.36. The average molecular weight is 292 g/mol. The first kappa shape index (κ1) is 15.7. The molecule has 2 heterocycles. The van der Waals surface area contributed by atoms with Crippen LogP contribution >= 0.6 is 0 Å². The van der Waals surface area contributed by atoms with Crippen molar-refractivity contribution in [3.63, 3.8) is 0 Å². The van der Waals surface area contributed by atoms with Crippen LogP contribution in [0.3, 0.4) is 0 Å². The lowest BCUT2D eigenvalue weighted by Crippen LogP contribution is -2.44. The Balaban J connectivity index is 1.92. The number of anilines is 1. The third-order valence-electron chi connectivity index (χ3n) is 3.67. The number of rotatable bonds is 6. The van der Waals surface area contributed by atoms with E-state index in [0.29, 0.717) is 18.7 Å². The van der Waals surface area contributed by atoms with Gasteiger partial charge in [0.1, 0.15) is 0 Å². The zero-order chi connectivity index (χ0) is 15.1. The summed E-state index contributed by atoms with van der Waals surface area (Å²) in [4.78, 5) is 20.9. The summed E-state index contributed by atoms with van der Waals surface area (Å²) < 4.78 is 4.96. The molecule has 1 amide bonds. The molecule has 1 aliphatic rings. The predicted octanol–water partition coefficient (Wildman–Crippen LogP) is 0.600. The Labute approximate surface area is 126 Å². The summed E-state index contributed by atoms with van der Waals surface area (Å²) in [6.07, 6.45) is 4.26. The molecule has 1 aliphatic heterocycles. The molecule has 6 heteroatoms. The van der Waals surface area contributed by atoms with Gasteiger partial charge in [0.2, 0.25) is 0 Å². The van der Waals surface area contributed by atoms with Gasteiger partial charge in [0.25, 0.3) is 5.91 Å². The maximum absolute atomic E-state index is 12.1. The van der Waals surface area contributed by atoms with Crippen LogP contribution in [0.4, 0.5) is 5.69 Å². The number of carbonyl (C=O) groups excluding carboxylic acids is 1. The van der Waals surface area contributed by atoms with E-state index in [1.165, 1.54) is 0 Å². The molecular weight excluding hydrogens is 268 g/mol. The Hall–Kier alpha value is -1.66. The van der Waals surface area contributed by atoms with Gasteiger partial charge in [-0.2, -0.15) is 0 Å². The summed E-state index contributed by atoms with van der Waals surface area (Å²) in [6.45, 7) is 5.28. The van der Waals surface area contributed by atoms with Crippen molar-refractivity contribution in [1.82, 2.24) is 15.2 Å². The third-order valence-corrected chi connectivity index (χ3v) is 3.67. The highest BCUT2D eigenvalue weighted by molar-refractivity contribution is 5.94. The van der Waals surface area contributed by atoms with Crippen LogP contribution in [0.1, 0.15) is 16.8 Å². The number of aromatic nitrogens is 1. The number of ether oxygens (including phenoxy) is 1. The molecule has 0 saturated carbocycles. The molecule has 1 fully saturated rings. The molecule has 21 heavy (non-hydrogen) atoms. The monoisotopic (exact) mass is 292 g/mol. The number of likely N-dealkylation sites (N-methyl/N-ethyl adjacent to an activating group) is 1. The van der Waals surface area contributed by atoms with Gasteiger partial charge in [-0.25, -0.2) is 0 Å². The largest absolute Gasteiger partial charge is 0.385 e. The van der Waals surface area contributed by atoms with Crippen LogP contribution in [0.2, 0.25) is 0 Å². The van der Waals surface area contributed by atoms with Gasteiger partial charge in [-0.15, -0.1) is 0 Å². The van der Waals surface area contributed by atoms with Crippen LogP contribution in [0.15, 0.2) is 18.5 Å². The van der Waals surface area contributed by atoms with E-state index in [1.54, 1.807) is 13.3 Å². The van der Waals surface area contributed by atoms with E-state index in [9.17, 15) is 4.79 Å². The summed E-state index contributed by atoms with van der Waals surface area (Å²) in [5, 5.41) is 2.89. The van der Waals surface area contributed by atoms with Crippen molar-refractivity contribution in [1.29, 1.82) is 0 Å². The summed E-state index contributed by atoms with van der Waals surface area (Å²) in [6, 6.07) is 1.92. The molecule has 116 valence electrons. The van der Waals surface area contributed by atoms with E-state index in [4.69, 9.17) is 4.74 Å². The number of hydrogen-bond donors (Lipinski definition) is 1. The number of nitrogens with one attached hydrogen (secondary N) is 1. The minimum Gasteiger partial charge on any atom is -0.385 e. The zero-order valence-corrected chi connectivity index (χ0v) is 12.8. The number of carbonyl (C=O) groups is 1. The van der Waals surface area contributed by atoms with Gasteiger partial charge in [0, 0.05) is 52.6 Å². The van der Waals surface area contributed by atoms with Crippen molar-refractivity contribution < 1.29 is 9.53 Å². The molecule has 0 radical (unpaired) electrons. The van der Waals surface area contributed by atoms with E-state index < -0.39 is 0 Å². The first-order chi connectivity index (χ1) is 10.2. The Morgan fingerprint density at radius 1 is 1.33 bits per heavy atom. The van der Waals surface area contributed by atoms with Crippen molar-refractivity contribution in [2.75, 3.05) is 58.4 Å². The normalized spacial score (nSPS) is 16.0. The van der Waals surface area contributed by atoms with Crippen LogP contribution in [0, 0.1) is 0 Å². The molecule has 0 unspecified atom stereocenters. The number of methoxy groups -OCH3 is 1. The van der Waals surface area contributed by atoms with Crippen LogP contribution < -0.4 is 10.2 Å². The molecule has 1 N–H and O–H groups in total. The molecule has 0 aromatic carbocycles. The molecule has 6 nitrogen and oxygen atoms in total. The number of amides is 1. The average Bonchev–Trinajstić information content (AvgIpc) is 2.52. The van der Waals surface area contributed by atoms with Crippen molar-refractivity contribution in [3.05, 3.63) is 24.0 Å². The van der Waals surface area contributed by atoms with Crippen molar-refractivity contribution in [3.8, 4) is 0 Å². The molecule has 1 saturated heterocycles. The van der Waals surface area contributed by atoms with Gasteiger partial charge in [0.05, 0.1) is 17.4 Å². The standard InChI is InChI=1S/C15H24N4O2/c1-18-5-7-19(8-6-18)14-10-13(11-16-12-14)15(20)17-4-3-9-21-2/h10-12H,3-9H2,1-2H3,(H,17,20). The van der Waals surface area contributed by atoms with Gasteiger partial charge >= 0.3 is 0 Å². The second-order valence-corrected chi connectivity index (χ2v) is 5.32. The lowest BCUT2D eigenvalue weighted by molar-refractivity contribution is 0.0948. The van der Waals surface area contributed by atoms with E-state index >= 15 is 0 Å². The Morgan fingerprint density at radius 3 is 2.81 bits per heavy atom. The Kier molecular flexibility index (Phi) is 5.95. The van der Waals surface area contributed by atoms with Crippen LogP contribution in [0.5, 0.6) is 0 Å². The molecule has 0 bridgehead atoms. The van der Waals surface area contributed by atoms with Crippen LogP contribution in [-0.4, -0.2) is 69.3 Å². The van der Waals surface area contributed by atoms with Gasteiger partial charge < -0.3 is 19.9 Å². The number of nitrogens with zero attached hydrogens (tertiary/aromatic N) is 3. The predicted molar refractivity (Wildman–Crippen MR) is 82.8 cm³/mol. The van der Waals surface area contributed by atoms with Crippen LogP contribution in [-0.2, 0) is 4.74 Å². The van der Waals surface area contributed by atoms with Gasteiger partial charge in [-0.3, -0.25) is 9.78 Å². The maximum atomic E-state index is 12.1. The number of piperazine rings is 1. The highest BCUT2D eigenvalue weighted by atomic mass is 16.5. The molecular formula is C15H24N4O2. The van der Waals surface area contributed by atoms with E-state index in [1.807, 2.05) is 12.3 Å². The summed E-state index contributed by atoms with van der Waals surface area (Å²) >= 11 is 0. The summed E-state index contributed by atoms with van der Waals surface area (Å²) in [5.74, 6) is -0.0745. The van der Waals surface area contributed by atoms with E-state index in [-0.39, 0.29) is 5.91 Å². The maximum Gasteiger partial charge on any atom is 0.252 e. The smallest absolute Gasteiger partial charge is 0.252 e.